The van der Waals surface area contributed by atoms with Gasteiger partial charge in [0.1, 0.15) is 17.2 Å². The van der Waals surface area contributed by atoms with E-state index in [0.717, 1.165) is 47.3 Å². The molecule has 1 atom stereocenters. The fourth-order valence-corrected chi connectivity index (χ4v) is 3.93. The molecule has 3 aromatic heterocycles. The van der Waals surface area contributed by atoms with Gasteiger partial charge in [-0.15, -0.1) is 0 Å². The second-order valence-corrected chi connectivity index (χ2v) is 7.66. The SMILES string of the molecule is Cc1ccc(C(CNC(=O)c2cc(-c3c(C)nn(C)c3C)n[nH]2)N2CCOCC2)o1. The highest BCUT2D eigenvalue weighted by Crippen LogP contribution is 2.26. The van der Waals surface area contributed by atoms with Gasteiger partial charge in [-0.3, -0.25) is 19.5 Å². The van der Waals surface area contributed by atoms with Gasteiger partial charge < -0.3 is 14.5 Å². The number of ether oxygens (including phenoxy) is 1. The molecule has 30 heavy (non-hydrogen) atoms. The average molecular weight is 412 g/mol. The molecule has 0 radical (unpaired) electrons. The van der Waals surface area contributed by atoms with Gasteiger partial charge in [-0.1, -0.05) is 0 Å². The van der Waals surface area contributed by atoms with Crippen LogP contribution in [0.5, 0.6) is 0 Å². The van der Waals surface area contributed by atoms with Gasteiger partial charge in [0.25, 0.3) is 5.91 Å². The van der Waals surface area contributed by atoms with E-state index in [1.165, 1.54) is 0 Å². The number of carbonyl (C=O) groups excluding carboxylic acids is 1. The van der Waals surface area contributed by atoms with E-state index in [2.05, 4.69) is 25.5 Å². The van der Waals surface area contributed by atoms with E-state index in [4.69, 9.17) is 9.15 Å². The second kappa shape index (κ2) is 8.45. The summed E-state index contributed by atoms with van der Waals surface area (Å²) in [7, 11) is 1.90. The summed E-state index contributed by atoms with van der Waals surface area (Å²) in [5.74, 6) is 1.51. The number of aryl methyl sites for hydroxylation is 3. The molecule has 0 saturated carbocycles. The first-order valence-electron chi connectivity index (χ1n) is 10.2. The molecule has 2 N–H and O–H groups in total. The van der Waals surface area contributed by atoms with E-state index in [9.17, 15) is 4.79 Å². The quantitative estimate of drug-likeness (QED) is 0.643. The number of furan rings is 1. The first kappa shape index (κ1) is 20.4. The fraction of sp³-hybridized carbons (Fsp3) is 0.476. The minimum absolute atomic E-state index is 0.0447. The molecule has 1 amide bonds. The molecule has 1 fully saturated rings. The van der Waals surface area contributed by atoms with Crippen LogP contribution < -0.4 is 5.32 Å². The van der Waals surface area contributed by atoms with E-state index < -0.39 is 0 Å². The van der Waals surface area contributed by atoms with Crippen molar-refractivity contribution in [2.45, 2.75) is 26.8 Å². The van der Waals surface area contributed by atoms with Crippen LogP contribution in [0.25, 0.3) is 11.3 Å². The van der Waals surface area contributed by atoms with Crippen LogP contribution in [0, 0.1) is 20.8 Å². The highest BCUT2D eigenvalue weighted by molar-refractivity contribution is 5.93. The average Bonchev–Trinajstić information content (AvgIpc) is 3.43. The Kier molecular flexibility index (Phi) is 5.74. The summed E-state index contributed by atoms with van der Waals surface area (Å²) in [6.07, 6.45) is 0. The molecule has 1 unspecified atom stereocenters. The van der Waals surface area contributed by atoms with Crippen LogP contribution in [-0.2, 0) is 11.8 Å². The number of rotatable bonds is 6. The Bertz CT molecular complexity index is 1030. The molecule has 0 spiro atoms. The third-order valence-corrected chi connectivity index (χ3v) is 5.62. The van der Waals surface area contributed by atoms with Gasteiger partial charge >= 0.3 is 0 Å². The van der Waals surface area contributed by atoms with Crippen LogP contribution >= 0.6 is 0 Å². The molecule has 9 heteroatoms. The van der Waals surface area contributed by atoms with Crippen LogP contribution in [0.15, 0.2) is 22.6 Å². The molecule has 4 heterocycles. The number of hydrogen-bond donors (Lipinski definition) is 2. The molecular weight excluding hydrogens is 384 g/mol. The lowest BCUT2D eigenvalue weighted by Gasteiger charge is -2.33. The number of carbonyl (C=O) groups is 1. The molecule has 160 valence electrons. The third kappa shape index (κ3) is 4.03. The number of hydrogen-bond acceptors (Lipinski definition) is 6. The first-order chi connectivity index (χ1) is 14.4. The van der Waals surface area contributed by atoms with Crippen molar-refractivity contribution in [1.29, 1.82) is 0 Å². The Balaban J connectivity index is 1.48. The molecule has 1 aliphatic rings. The summed E-state index contributed by atoms with van der Waals surface area (Å²) in [6.45, 7) is 9.24. The van der Waals surface area contributed by atoms with Crippen molar-refractivity contribution in [3.8, 4) is 11.3 Å². The predicted octanol–water partition coefficient (Wildman–Crippen LogP) is 2.13. The number of nitrogens with zero attached hydrogens (tertiary/aromatic N) is 4. The van der Waals surface area contributed by atoms with E-state index in [0.29, 0.717) is 25.5 Å². The molecule has 0 aliphatic carbocycles. The topological polar surface area (TPSA) is 101 Å². The van der Waals surface area contributed by atoms with E-state index in [-0.39, 0.29) is 11.9 Å². The monoisotopic (exact) mass is 412 g/mol. The van der Waals surface area contributed by atoms with Crippen molar-refractivity contribution >= 4 is 5.91 Å². The summed E-state index contributed by atoms with van der Waals surface area (Å²) < 4.78 is 13.2. The van der Waals surface area contributed by atoms with Crippen LogP contribution in [0.3, 0.4) is 0 Å². The van der Waals surface area contributed by atoms with Crippen LogP contribution in [0.4, 0.5) is 0 Å². The Morgan fingerprint density at radius 3 is 2.67 bits per heavy atom. The summed E-state index contributed by atoms with van der Waals surface area (Å²) in [4.78, 5) is 15.1. The molecule has 1 aliphatic heterocycles. The van der Waals surface area contributed by atoms with E-state index in [1.807, 2.05) is 44.6 Å². The number of nitrogens with one attached hydrogen (secondary N) is 2. The molecular formula is C21H28N6O3. The molecule has 1 saturated heterocycles. The minimum atomic E-state index is -0.200. The van der Waals surface area contributed by atoms with Gasteiger partial charge in [-0.05, 0) is 39.0 Å². The summed E-state index contributed by atoms with van der Waals surface area (Å²) in [5, 5.41) is 14.6. The van der Waals surface area contributed by atoms with Crippen molar-refractivity contribution in [2.24, 2.45) is 7.05 Å². The van der Waals surface area contributed by atoms with Gasteiger partial charge in [-0.25, -0.2) is 0 Å². The largest absolute Gasteiger partial charge is 0.465 e. The predicted molar refractivity (Wildman–Crippen MR) is 111 cm³/mol. The van der Waals surface area contributed by atoms with Gasteiger partial charge in [0, 0.05) is 37.9 Å². The van der Waals surface area contributed by atoms with Crippen LogP contribution in [0.2, 0.25) is 0 Å². The van der Waals surface area contributed by atoms with Crippen molar-refractivity contribution < 1.29 is 13.9 Å². The van der Waals surface area contributed by atoms with Gasteiger partial charge in [0.15, 0.2) is 0 Å². The van der Waals surface area contributed by atoms with Crippen molar-refractivity contribution in [1.82, 2.24) is 30.2 Å². The maximum absolute atomic E-state index is 12.8. The molecule has 0 aromatic carbocycles. The van der Waals surface area contributed by atoms with Crippen molar-refractivity contribution in [3.63, 3.8) is 0 Å². The molecule has 4 rings (SSSR count). The smallest absolute Gasteiger partial charge is 0.269 e. The van der Waals surface area contributed by atoms with Crippen molar-refractivity contribution in [3.05, 3.63) is 46.8 Å². The van der Waals surface area contributed by atoms with Gasteiger partial charge in [0.2, 0.25) is 0 Å². The summed E-state index contributed by atoms with van der Waals surface area (Å²) in [5.41, 5.74) is 3.98. The number of H-pyrrole nitrogens is 1. The highest BCUT2D eigenvalue weighted by atomic mass is 16.5. The normalized spacial score (nSPS) is 16.0. The van der Waals surface area contributed by atoms with E-state index >= 15 is 0 Å². The zero-order valence-corrected chi connectivity index (χ0v) is 17.9. The Morgan fingerprint density at radius 1 is 1.27 bits per heavy atom. The number of aromatic nitrogens is 4. The van der Waals surface area contributed by atoms with Crippen molar-refractivity contribution in [2.75, 3.05) is 32.8 Å². The molecule has 3 aromatic rings. The zero-order chi connectivity index (χ0) is 21.3. The second-order valence-electron chi connectivity index (χ2n) is 7.66. The lowest BCUT2D eigenvalue weighted by atomic mass is 10.1. The van der Waals surface area contributed by atoms with Crippen LogP contribution in [0.1, 0.15) is 39.4 Å². The summed E-state index contributed by atoms with van der Waals surface area (Å²) >= 11 is 0. The van der Waals surface area contributed by atoms with Gasteiger partial charge in [-0.2, -0.15) is 10.2 Å². The summed E-state index contributed by atoms with van der Waals surface area (Å²) in [6, 6.07) is 5.65. The van der Waals surface area contributed by atoms with Gasteiger partial charge in [0.05, 0.1) is 30.6 Å². The minimum Gasteiger partial charge on any atom is -0.465 e. The Hall–Kier alpha value is -2.91. The molecule has 9 nitrogen and oxygen atoms in total. The Morgan fingerprint density at radius 2 is 2.03 bits per heavy atom. The number of morpholine rings is 1. The Labute approximate surface area is 175 Å². The lowest BCUT2D eigenvalue weighted by molar-refractivity contribution is 0.0117. The number of amides is 1. The third-order valence-electron chi connectivity index (χ3n) is 5.62. The van der Waals surface area contributed by atoms with E-state index in [1.54, 1.807) is 6.07 Å². The first-order valence-corrected chi connectivity index (χ1v) is 10.2. The fourth-order valence-electron chi connectivity index (χ4n) is 3.93. The molecule has 0 bridgehead atoms. The maximum Gasteiger partial charge on any atom is 0.269 e. The lowest BCUT2D eigenvalue weighted by Crippen LogP contribution is -2.43. The standard InChI is InChI=1S/C21H28N6O3/c1-13-5-6-19(30-13)18(27-7-9-29-10-8-27)12-22-21(28)17-11-16(23-24-17)20-14(2)25-26(4)15(20)3/h5-6,11,18H,7-10,12H2,1-4H3,(H,22,28)(H,23,24). The zero-order valence-electron chi connectivity index (χ0n) is 17.9. The number of aromatic amines is 1. The maximum atomic E-state index is 12.8. The highest BCUT2D eigenvalue weighted by Gasteiger charge is 2.26. The van der Waals surface area contributed by atoms with Crippen LogP contribution in [-0.4, -0.2) is 63.6 Å².